The van der Waals surface area contributed by atoms with Gasteiger partial charge in [-0.1, -0.05) is 13.3 Å². The van der Waals surface area contributed by atoms with Gasteiger partial charge in [-0.05, 0) is 18.8 Å². The Kier molecular flexibility index (Phi) is 3.66. The van der Waals surface area contributed by atoms with E-state index in [4.69, 9.17) is 0 Å². The number of piperazine rings is 1. The molecular weight excluding hydrogens is 220 g/mol. The van der Waals surface area contributed by atoms with Crippen LogP contribution in [0.15, 0.2) is 0 Å². The Labute approximate surface area is 101 Å². The summed E-state index contributed by atoms with van der Waals surface area (Å²) in [5, 5.41) is 9.87. The average Bonchev–Trinajstić information content (AvgIpc) is 2.70. The molecule has 2 fully saturated rings. The van der Waals surface area contributed by atoms with E-state index in [0.29, 0.717) is 25.4 Å². The Morgan fingerprint density at radius 2 is 2.18 bits per heavy atom. The molecular formula is C12H20N2O3. The van der Waals surface area contributed by atoms with Gasteiger partial charge in [0, 0.05) is 19.1 Å². The van der Waals surface area contributed by atoms with Crippen LogP contribution in [0.1, 0.15) is 26.2 Å². The van der Waals surface area contributed by atoms with Gasteiger partial charge in [0.25, 0.3) is 0 Å². The fourth-order valence-electron chi connectivity index (χ4n) is 2.95. The van der Waals surface area contributed by atoms with Crippen LogP contribution in [0.3, 0.4) is 0 Å². The molecule has 3 atom stereocenters. The van der Waals surface area contributed by atoms with E-state index in [9.17, 15) is 14.7 Å². The van der Waals surface area contributed by atoms with Crippen LogP contribution in [0.4, 0.5) is 0 Å². The van der Waals surface area contributed by atoms with Crippen molar-refractivity contribution in [1.82, 2.24) is 9.80 Å². The zero-order valence-electron chi connectivity index (χ0n) is 10.2. The molecule has 1 saturated carbocycles. The maximum atomic E-state index is 11.9. The third-order valence-electron chi connectivity index (χ3n) is 4.03. The maximum Gasteiger partial charge on any atom is 0.242 e. The van der Waals surface area contributed by atoms with Gasteiger partial charge in [0.15, 0.2) is 0 Å². The van der Waals surface area contributed by atoms with Crippen LogP contribution >= 0.6 is 0 Å². The van der Waals surface area contributed by atoms with Crippen LogP contribution in [-0.2, 0) is 9.59 Å². The standard InChI is InChI=1S/C12H20N2O3/c1-2-9-5-10(6-11(9)16)14-4-3-13(8-15)7-12(14)17/h8-11,16H,2-7H2,1H3. The van der Waals surface area contributed by atoms with E-state index in [2.05, 4.69) is 6.92 Å². The molecule has 17 heavy (non-hydrogen) atoms. The number of aliphatic hydroxyl groups excluding tert-OH is 1. The minimum atomic E-state index is -0.276. The molecule has 0 aromatic rings. The molecule has 2 aliphatic rings. The second-order valence-electron chi connectivity index (χ2n) is 5.02. The number of aliphatic hydroxyl groups is 1. The van der Waals surface area contributed by atoms with E-state index in [0.717, 1.165) is 19.3 Å². The molecule has 1 N–H and O–H groups in total. The lowest BCUT2D eigenvalue weighted by molar-refractivity contribution is -0.142. The number of rotatable bonds is 3. The van der Waals surface area contributed by atoms with Crippen molar-refractivity contribution in [3.63, 3.8) is 0 Å². The van der Waals surface area contributed by atoms with Crippen LogP contribution in [0.5, 0.6) is 0 Å². The molecule has 0 aromatic heterocycles. The molecule has 1 saturated heterocycles. The Morgan fingerprint density at radius 1 is 1.41 bits per heavy atom. The predicted octanol–water partition coefficient (Wildman–Crippen LogP) is -0.163. The highest BCUT2D eigenvalue weighted by Gasteiger charge is 2.38. The molecule has 0 bridgehead atoms. The van der Waals surface area contributed by atoms with Gasteiger partial charge < -0.3 is 14.9 Å². The summed E-state index contributed by atoms with van der Waals surface area (Å²) in [5.74, 6) is 0.328. The summed E-state index contributed by atoms with van der Waals surface area (Å²) in [6.07, 6.45) is 2.99. The molecule has 1 heterocycles. The quantitative estimate of drug-likeness (QED) is 0.697. The molecule has 5 heteroatoms. The number of amides is 2. The van der Waals surface area contributed by atoms with E-state index in [1.54, 1.807) is 0 Å². The van der Waals surface area contributed by atoms with Gasteiger partial charge in [-0.25, -0.2) is 0 Å². The van der Waals surface area contributed by atoms with Crippen LogP contribution in [0, 0.1) is 5.92 Å². The number of hydrogen-bond donors (Lipinski definition) is 1. The van der Waals surface area contributed by atoms with Crippen molar-refractivity contribution in [1.29, 1.82) is 0 Å². The fourth-order valence-corrected chi connectivity index (χ4v) is 2.95. The van der Waals surface area contributed by atoms with Crippen molar-refractivity contribution in [3.05, 3.63) is 0 Å². The summed E-state index contributed by atoms with van der Waals surface area (Å²) < 4.78 is 0. The van der Waals surface area contributed by atoms with E-state index in [-0.39, 0.29) is 24.6 Å². The molecule has 96 valence electrons. The monoisotopic (exact) mass is 240 g/mol. The lowest BCUT2D eigenvalue weighted by Crippen LogP contribution is -2.53. The molecule has 0 aromatic carbocycles. The highest BCUT2D eigenvalue weighted by Crippen LogP contribution is 2.32. The third-order valence-corrected chi connectivity index (χ3v) is 4.03. The molecule has 0 radical (unpaired) electrons. The summed E-state index contributed by atoms with van der Waals surface area (Å²) in [7, 11) is 0. The third kappa shape index (κ3) is 2.44. The fraction of sp³-hybridized carbons (Fsp3) is 0.833. The van der Waals surface area contributed by atoms with Crippen molar-refractivity contribution < 1.29 is 14.7 Å². The molecule has 3 unspecified atom stereocenters. The van der Waals surface area contributed by atoms with Gasteiger partial charge >= 0.3 is 0 Å². The smallest absolute Gasteiger partial charge is 0.242 e. The van der Waals surface area contributed by atoms with E-state index >= 15 is 0 Å². The second kappa shape index (κ2) is 5.04. The summed E-state index contributed by atoms with van der Waals surface area (Å²) >= 11 is 0. The lowest BCUT2D eigenvalue weighted by atomic mass is 10.0. The van der Waals surface area contributed by atoms with E-state index in [1.165, 1.54) is 4.90 Å². The molecule has 1 aliphatic heterocycles. The Hall–Kier alpha value is -1.10. The predicted molar refractivity (Wildman–Crippen MR) is 62.2 cm³/mol. The van der Waals surface area contributed by atoms with Crippen molar-refractivity contribution in [3.8, 4) is 0 Å². The summed E-state index contributed by atoms with van der Waals surface area (Å²) in [4.78, 5) is 25.8. The van der Waals surface area contributed by atoms with Crippen molar-refractivity contribution in [2.24, 2.45) is 5.92 Å². The zero-order chi connectivity index (χ0) is 12.4. The normalized spacial score (nSPS) is 34.2. The number of carbonyl (C=O) groups is 2. The van der Waals surface area contributed by atoms with Crippen LogP contribution < -0.4 is 0 Å². The van der Waals surface area contributed by atoms with E-state index < -0.39 is 0 Å². The topological polar surface area (TPSA) is 60.9 Å². The molecule has 1 aliphatic carbocycles. The first-order chi connectivity index (χ1) is 8.15. The highest BCUT2D eigenvalue weighted by atomic mass is 16.3. The van der Waals surface area contributed by atoms with Crippen LogP contribution in [0.25, 0.3) is 0 Å². The maximum absolute atomic E-state index is 11.9. The number of hydrogen-bond acceptors (Lipinski definition) is 3. The SMILES string of the molecule is CCC1CC(N2CCN(C=O)CC2=O)CC1O. The molecule has 5 nitrogen and oxygen atoms in total. The first-order valence-electron chi connectivity index (χ1n) is 6.32. The summed E-state index contributed by atoms with van der Waals surface area (Å²) in [6.45, 7) is 3.47. The van der Waals surface area contributed by atoms with Gasteiger partial charge in [-0.2, -0.15) is 0 Å². The second-order valence-corrected chi connectivity index (χ2v) is 5.02. The van der Waals surface area contributed by atoms with Gasteiger partial charge in [-0.3, -0.25) is 9.59 Å². The van der Waals surface area contributed by atoms with Crippen molar-refractivity contribution in [2.45, 2.75) is 38.3 Å². The molecule has 2 rings (SSSR count). The summed E-state index contributed by atoms with van der Waals surface area (Å²) in [5.41, 5.74) is 0. The van der Waals surface area contributed by atoms with Gasteiger partial charge in [0.1, 0.15) is 0 Å². The van der Waals surface area contributed by atoms with Crippen molar-refractivity contribution in [2.75, 3.05) is 19.6 Å². The largest absolute Gasteiger partial charge is 0.393 e. The average molecular weight is 240 g/mol. The highest BCUT2D eigenvalue weighted by molar-refractivity contribution is 5.81. The van der Waals surface area contributed by atoms with Gasteiger partial charge in [0.05, 0.1) is 12.6 Å². The van der Waals surface area contributed by atoms with Gasteiger partial charge in [0.2, 0.25) is 12.3 Å². The van der Waals surface area contributed by atoms with Gasteiger partial charge in [-0.15, -0.1) is 0 Å². The summed E-state index contributed by atoms with van der Waals surface area (Å²) in [6, 6.07) is 0.163. The molecule has 2 amide bonds. The Balaban J connectivity index is 1.95. The minimum absolute atomic E-state index is 0.0114. The molecule has 0 spiro atoms. The zero-order valence-corrected chi connectivity index (χ0v) is 10.2. The number of carbonyl (C=O) groups excluding carboxylic acids is 2. The van der Waals surface area contributed by atoms with Crippen molar-refractivity contribution >= 4 is 12.3 Å². The van der Waals surface area contributed by atoms with E-state index in [1.807, 2.05) is 4.90 Å². The van der Waals surface area contributed by atoms with Crippen LogP contribution in [-0.4, -0.2) is 59.0 Å². The first kappa shape index (κ1) is 12.4. The van der Waals surface area contributed by atoms with Crippen LogP contribution in [0.2, 0.25) is 0 Å². The Bertz CT molecular complexity index is 308. The first-order valence-corrected chi connectivity index (χ1v) is 6.32. The minimum Gasteiger partial charge on any atom is -0.393 e. The lowest BCUT2D eigenvalue weighted by Gasteiger charge is -2.36. The Morgan fingerprint density at radius 3 is 2.71 bits per heavy atom. The number of nitrogens with zero attached hydrogens (tertiary/aromatic N) is 2.